The molecule has 0 aliphatic heterocycles. The summed E-state index contributed by atoms with van der Waals surface area (Å²) in [5, 5.41) is 13.6. The zero-order valence-corrected chi connectivity index (χ0v) is 12.8. The Hall–Kier alpha value is -1.62. The summed E-state index contributed by atoms with van der Waals surface area (Å²) >= 11 is 1.35. The maximum absolute atomic E-state index is 12.4. The Labute approximate surface area is 128 Å². The molecule has 0 saturated heterocycles. The first-order chi connectivity index (χ1) is 10.2. The monoisotopic (exact) mass is 307 g/mol. The number of amides is 1. The summed E-state index contributed by atoms with van der Waals surface area (Å²) in [6.45, 7) is 0. The minimum Gasteiger partial charge on any atom is -0.478 e. The first-order valence-electron chi connectivity index (χ1n) is 7.46. The smallest absolute Gasteiger partial charge is 0.328 e. The Morgan fingerprint density at radius 2 is 1.86 bits per heavy atom. The molecule has 0 unspecified atom stereocenters. The molecule has 0 spiro atoms. The van der Waals surface area contributed by atoms with Crippen molar-refractivity contribution in [2.24, 2.45) is 0 Å². The highest BCUT2D eigenvalue weighted by molar-refractivity contribution is 7.12. The van der Waals surface area contributed by atoms with Gasteiger partial charge >= 0.3 is 5.97 Å². The van der Waals surface area contributed by atoms with Gasteiger partial charge in [0, 0.05) is 12.1 Å². The van der Waals surface area contributed by atoms with E-state index in [4.69, 9.17) is 5.11 Å². The van der Waals surface area contributed by atoms with Crippen LogP contribution in [0.5, 0.6) is 0 Å². The quantitative estimate of drug-likeness (QED) is 0.834. The molecule has 2 rings (SSSR count). The highest BCUT2D eigenvalue weighted by atomic mass is 32.1. The largest absolute Gasteiger partial charge is 0.478 e. The van der Waals surface area contributed by atoms with Crippen LogP contribution >= 0.6 is 11.3 Å². The van der Waals surface area contributed by atoms with Crippen molar-refractivity contribution in [3.05, 3.63) is 28.0 Å². The van der Waals surface area contributed by atoms with Crippen LogP contribution in [0.15, 0.2) is 17.5 Å². The molecule has 0 bridgehead atoms. The second-order valence-corrected chi connectivity index (χ2v) is 6.31. The first-order valence-corrected chi connectivity index (χ1v) is 8.34. The Morgan fingerprint density at radius 3 is 2.52 bits per heavy atom. The minimum atomic E-state index is -1.01. The summed E-state index contributed by atoms with van der Waals surface area (Å²) in [5.41, 5.74) is 0.672. The van der Waals surface area contributed by atoms with Crippen LogP contribution in [0.25, 0.3) is 6.08 Å². The van der Waals surface area contributed by atoms with Gasteiger partial charge in [-0.3, -0.25) is 4.79 Å². The van der Waals surface area contributed by atoms with Gasteiger partial charge in [-0.15, -0.1) is 11.3 Å². The number of carboxylic acid groups (broad SMARTS) is 1. The average Bonchev–Trinajstić information content (AvgIpc) is 2.87. The fourth-order valence-electron chi connectivity index (χ4n) is 2.65. The molecule has 5 heteroatoms. The molecular formula is C16H21NO3S. The first kappa shape index (κ1) is 15.8. The molecule has 0 atom stereocenters. The lowest BCUT2D eigenvalue weighted by molar-refractivity contribution is -0.131. The number of hydrogen-bond acceptors (Lipinski definition) is 3. The molecule has 1 aromatic heterocycles. The maximum Gasteiger partial charge on any atom is 0.328 e. The third kappa shape index (κ3) is 5.01. The summed E-state index contributed by atoms with van der Waals surface area (Å²) in [4.78, 5) is 23.5. The van der Waals surface area contributed by atoms with Gasteiger partial charge in [-0.05, 0) is 35.9 Å². The highest BCUT2D eigenvalue weighted by Gasteiger charge is 2.17. The molecular weight excluding hydrogens is 286 g/mol. The lowest BCUT2D eigenvalue weighted by Gasteiger charge is -2.20. The van der Waals surface area contributed by atoms with Gasteiger partial charge < -0.3 is 10.4 Å². The summed E-state index contributed by atoms with van der Waals surface area (Å²) < 4.78 is 0. The van der Waals surface area contributed by atoms with E-state index in [1.165, 1.54) is 49.5 Å². The van der Waals surface area contributed by atoms with Gasteiger partial charge in [0.25, 0.3) is 5.91 Å². The summed E-state index contributed by atoms with van der Waals surface area (Å²) in [6, 6.07) is 2.02. The molecule has 114 valence electrons. The summed E-state index contributed by atoms with van der Waals surface area (Å²) in [5.74, 6) is -1.09. The molecule has 1 aromatic rings. The minimum absolute atomic E-state index is 0.0828. The predicted molar refractivity (Wildman–Crippen MR) is 84.6 cm³/mol. The second-order valence-electron chi connectivity index (χ2n) is 5.39. The third-order valence-electron chi connectivity index (χ3n) is 3.75. The molecule has 21 heavy (non-hydrogen) atoms. The van der Waals surface area contributed by atoms with Crippen molar-refractivity contribution >= 4 is 29.3 Å². The lowest BCUT2D eigenvalue weighted by atomic mass is 9.96. The normalized spacial score (nSPS) is 17.3. The van der Waals surface area contributed by atoms with Crippen LogP contribution in [0.3, 0.4) is 0 Å². The number of aliphatic carboxylic acids is 1. The molecule has 2 N–H and O–H groups in total. The highest BCUT2D eigenvalue weighted by Crippen LogP contribution is 2.21. The number of hydrogen-bond donors (Lipinski definition) is 2. The predicted octanol–water partition coefficient (Wildman–Crippen LogP) is 3.69. The van der Waals surface area contributed by atoms with Crippen LogP contribution in [0.4, 0.5) is 0 Å². The lowest BCUT2D eigenvalue weighted by Crippen LogP contribution is -2.35. The fourth-order valence-corrected chi connectivity index (χ4v) is 3.44. The molecule has 0 radical (unpaired) electrons. The number of nitrogens with one attached hydrogen (secondary N) is 1. The third-order valence-corrected chi connectivity index (χ3v) is 4.68. The van der Waals surface area contributed by atoms with Gasteiger partial charge in [0.15, 0.2) is 0 Å². The van der Waals surface area contributed by atoms with Crippen LogP contribution in [-0.2, 0) is 4.79 Å². The van der Waals surface area contributed by atoms with Gasteiger partial charge in [-0.1, -0.05) is 32.1 Å². The van der Waals surface area contributed by atoms with E-state index in [0.717, 1.165) is 18.9 Å². The Morgan fingerprint density at radius 1 is 1.19 bits per heavy atom. The van der Waals surface area contributed by atoms with Gasteiger partial charge in [0.1, 0.15) is 0 Å². The average molecular weight is 307 g/mol. The number of carbonyl (C=O) groups excluding carboxylic acids is 1. The topological polar surface area (TPSA) is 66.4 Å². The van der Waals surface area contributed by atoms with Gasteiger partial charge in [-0.25, -0.2) is 4.79 Å². The fraction of sp³-hybridized carbons (Fsp3) is 0.500. The van der Waals surface area contributed by atoms with Crippen molar-refractivity contribution in [3.8, 4) is 0 Å². The molecule has 1 saturated carbocycles. The van der Waals surface area contributed by atoms with Crippen LogP contribution in [-0.4, -0.2) is 23.0 Å². The van der Waals surface area contributed by atoms with E-state index in [-0.39, 0.29) is 11.9 Å². The molecule has 1 aliphatic rings. The SMILES string of the molecule is O=C(O)C=Cc1ccsc1C(=O)NC1CCCCCCC1. The zero-order chi connectivity index (χ0) is 15.1. The van der Waals surface area contributed by atoms with Gasteiger partial charge in [0.05, 0.1) is 4.88 Å². The van der Waals surface area contributed by atoms with E-state index in [9.17, 15) is 9.59 Å². The standard InChI is InChI=1S/C16H21NO3S/c18-14(19)9-8-12-10-11-21-15(12)16(20)17-13-6-4-2-1-3-5-7-13/h8-11,13H,1-7H2,(H,17,20)(H,18,19). The number of thiophene rings is 1. The van der Waals surface area contributed by atoms with Crippen LogP contribution in [0.2, 0.25) is 0 Å². The molecule has 4 nitrogen and oxygen atoms in total. The summed E-state index contributed by atoms with van der Waals surface area (Å²) in [6.07, 6.45) is 10.8. The van der Waals surface area contributed by atoms with E-state index in [0.29, 0.717) is 10.4 Å². The Kier molecular flexibility index (Phi) is 5.99. The van der Waals surface area contributed by atoms with E-state index in [2.05, 4.69) is 5.32 Å². The number of rotatable bonds is 4. The molecule has 1 amide bonds. The summed E-state index contributed by atoms with van der Waals surface area (Å²) in [7, 11) is 0. The van der Waals surface area contributed by atoms with Crippen molar-refractivity contribution in [1.82, 2.24) is 5.32 Å². The van der Waals surface area contributed by atoms with Crippen LogP contribution in [0.1, 0.15) is 60.2 Å². The van der Waals surface area contributed by atoms with Crippen LogP contribution < -0.4 is 5.32 Å². The van der Waals surface area contributed by atoms with Gasteiger partial charge in [0.2, 0.25) is 0 Å². The second kappa shape index (κ2) is 7.98. The van der Waals surface area contributed by atoms with Crippen molar-refractivity contribution in [1.29, 1.82) is 0 Å². The van der Waals surface area contributed by atoms with E-state index >= 15 is 0 Å². The van der Waals surface area contributed by atoms with Crippen molar-refractivity contribution in [3.63, 3.8) is 0 Å². The number of carboxylic acids is 1. The van der Waals surface area contributed by atoms with Crippen molar-refractivity contribution in [2.75, 3.05) is 0 Å². The van der Waals surface area contributed by atoms with Crippen molar-refractivity contribution < 1.29 is 14.7 Å². The van der Waals surface area contributed by atoms with Gasteiger partial charge in [-0.2, -0.15) is 0 Å². The van der Waals surface area contributed by atoms with E-state index < -0.39 is 5.97 Å². The molecule has 1 aliphatic carbocycles. The number of carbonyl (C=O) groups is 2. The van der Waals surface area contributed by atoms with E-state index in [1.54, 1.807) is 6.07 Å². The van der Waals surface area contributed by atoms with Crippen molar-refractivity contribution in [2.45, 2.75) is 51.0 Å². The molecule has 1 fully saturated rings. The molecule has 0 aromatic carbocycles. The Bertz CT molecular complexity index is 513. The maximum atomic E-state index is 12.4. The van der Waals surface area contributed by atoms with E-state index in [1.807, 2.05) is 5.38 Å². The molecule has 1 heterocycles. The van der Waals surface area contributed by atoms with Crippen LogP contribution in [0, 0.1) is 0 Å². The zero-order valence-electron chi connectivity index (χ0n) is 12.0. The Balaban J connectivity index is 1.99.